The van der Waals surface area contributed by atoms with Crippen LogP contribution in [0.4, 0.5) is 0 Å². The van der Waals surface area contributed by atoms with E-state index in [1.165, 1.54) is 16.7 Å². The van der Waals surface area contributed by atoms with E-state index >= 15 is 0 Å². The number of thioether (sulfide) groups is 2. The summed E-state index contributed by atoms with van der Waals surface area (Å²) in [4.78, 5) is 31.3. The molecule has 1 saturated heterocycles. The van der Waals surface area contributed by atoms with Crippen LogP contribution in [0, 0.1) is 5.92 Å². The minimum Gasteiger partial charge on any atom is -0.464 e. The van der Waals surface area contributed by atoms with E-state index in [2.05, 4.69) is 0 Å². The van der Waals surface area contributed by atoms with Crippen LogP contribution in [0.25, 0.3) is 17.4 Å². The number of halogens is 1. The first-order chi connectivity index (χ1) is 18.9. The largest absolute Gasteiger partial charge is 0.464 e. The summed E-state index contributed by atoms with van der Waals surface area (Å²) in [6.45, 7) is 1.41. The number of esters is 1. The van der Waals surface area contributed by atoms with Crippen molar-refractivity contribution in [3.05, 3.63) is 47.1 Å². The van der Waals surface area contributed by atoms with Gasteiger partial charge < -0.3 is 19.4 Å². The van der Waals surface area contributed by atoms with Gasteiger partial charge in [-0.3, -0.25) is 19.4 Å². The molecule has 1 saturated carbocycles. The molecule has 40 heavy (non-hydrogen) atoms. The van der Waals surface area contributed by atoms with E-state index in [0.29, 0.717) is 47.5 Å². The number of hydrogen-bond donors (Lipinski definition) is 2. The standard InChI is InChI=1S/C28H34N2O6S3.ClH/c1-38-23-8-5-19(6-9-23)24-10-7-22(36-24)18-25-26(33)30(28(37)39-25)21-4-2-3-20(17-21)27(34)35-16-13-29(11-14-31)12-15-32;/h5-10,18,20-21,31-32H,2-4,11-17H2,1H3;1H/b25-18+;. The number of thiocarbonyl (C=S) groups is 1. The average molecular weight is 627 g/mol. The zero-order chi connectivity index (χ0) is 27.8. The van der Waals surface area contributed by atoms with Gasteiger partial charge in [0, 0.05) is 42.2 Å². The van der Waals surface area contributed by atoms with E-state index in [4.69, 9.17) is 31.6 Å². The molecular weight excluding hydrogens is 592 g/mol. The van der Waals surface area contributed by atoms with Crippen molar-refractivity contribution in [2.75, 3.05) is 45.7 Å². The van der Waals surface area contributed by atoms with E-state index < -0.39 is 0 Å². The highest BCUT2D eigenvalue weighted by Gasteiger charge is 2.40. The summed E-state index contributed by atoms with van der Waals surface area (Å²) in [5.41, 5.74) is 0.967. The number of carbonyl (C=O) groups excluding carboxylic acids is 2. The van der Waals surface area contributed by atoms with Crippen LogP contribution in [0.15, 0.2) is 50.6 Å². The molecule has 0 radical (unpaired) electrons. The van der Waals surface area contributed by atoms with Crippen molar-refractivity contribution in [3.8, 4) is 11.3 Å². The minimum absolute atomic E-state index is 0. The molecule has 8 nitrogen and oxygen atoms in total. The lowest BCUT2D eigenvalue weighted by molar-refractivity contribution is -0.151. The zero-order valence-corrected chi connectivity index (χ0v) is 25.6. The number of aliphatic hydroxyl groups excluding tert-OH is 2. The Labute approximate surface area is 254 Å². The van der Waals surface area contributed by atoms with Crippen LogP contribution in [0.3, 0.4) is 0 Å². The minimum atomic E-state index is -0.299. The highest BCUT2D eigenvalue weighted by Crippen LogP contribution is 2.39. The molecule has 1 aromatic heterocycles. The van der Waals surface area contributed by atoms with Crippen molar-refractivity contribution in [1.82, 2.24) is 9.80 Å². The maximum Gasteiger partial charge on any atom is 0.309 e. The fraction of sp³-hybridized carbons (Fsp3) is 0.464. The predicted molar refractivity (Wildman–Crippen MR) is 166 cm³/mol. The van der Waals surface area contributed by atoms with Gasteiger partial charge in [0.15, 0.2) is 0 Å². The first kappa shape index (κ1) is 32.7. The number of aliphatic hydroxyl groups is 2. The first-order valence-corrected chi connectivity index (χ1v) is 15.5. The number of ether oxygens (including phenoxy) is 1. The van der Waals surface area contributed by atoms with Crippen LogP contribution < -0.4 is 0 Å². The third kappa shape index (κ3) is 8.34. The summed E-state index contributed by atoms with van der Waals surface area (Å²) >= 11 is 8.52. The SMILES string of the molecule is CSc1ccc(-c2ccc(/C=C3/SC(=S)N(C4CCCC(C(=O)OCCN(CCO)CCO)C4)C3=O)o2)cc1.Cl. The molecule has 2 unspecified atom stereocenters. The van der Waals surface area contributed by atoms with Gasteiger partial charge in [0.2, 0.25) is 0 Å². The lowest BCUT2D eigenvalue weighted by atomic mass is 9.85. The predicted octanol–water partition coefficient (Wildman–Crippen LogP) is 4.68. The van der Waals surface area contributed by atoms with Crippen molar-refractivity contribution in [1.29, 1.82) is 0 Å². The Kier molecular flexibility index (Phi) is 13.0. The Morgan fingerprint density at radius 1 is 1.18 bits per heavy atom. The monoisotopic (exact) mass is 626 g/mol. The van der Waals surface area contributed by atoms with Gasteiger partial charge >= 0.3 is 5.97 Å². The topological polar surface area (TPSA) is 103 Å². The van der Waals surface area contributed by atoms with Gasteiger partial charge in [-0.15, -0.1) is 24.2 Å². The summed E-state index contributed by atoms with van der Waals surface area (Å²) in [6.07, 6.45) is 6.57. The van der Waals surface area contributed by atoms with Crippen molar-refractivity contribution < 1.29 is 29.0 Å². The van der Waals surface area contributed by atoms with E-state index in [9.17, 15) is 9.59 Å². The smallest absolute Gasteiger partial charge is 0.309 e. The molecule has 1 aromatic carbocycles. The van der Waals surface area contributed by atoms with Gasteiger partial charge in [0.25, 0.3) is 5.91 Å². The van der Waals surface area contributed by atoms with Gasteiger partial charge in [-0.1, -0.05) is 42.5 Å². The molecule has 1 aliphatic heterocycles. The summed E-state index contributed by atoms with van der Waals surface area (Å²) in [5, 5.41) is 18.3. The fourth-order valence-corrected chi connectivity index (χ4v) is 6.68. The van der Waals surface area contributed by atoms with Crippen LogP contribution >= 0.6 is 48.1 Å². The maximum atomic E-state index is 13.4. The summed E-state index contributed by atoms with van der Waals surface area (Å²) < 4.78 is 12.0. The quantitative estimate of drug-likeness (QED) is 0.149. The molecule has 2 fully saturated rings. The number of carbonyl (C=O) groups is 2. The molecule has 2 N–H and O–H groups in total. The molecule has 1 aliphatic carbocycles. The molecule has 12 heteroatoms. The van der Waals surface area contributed by atoms with E-state index in [0.717, 1.165) is 24.2 Å². The van der Waals surface area contributed by atoms with Gasteiger partial charge in [-0.05, 0) is 49.8 Å². The van der Waals surface area contributed by atoms with Crippen molar-refractivity contribution in [2.45, 2.75) is 36.6 Å². The summed E-state index contributed by atoms with van der Waals surface area (Å²) in [7, 11) is 0. The Morgan fingerprint density at radius 2 is 1.90 bits per heavy atom. The molecule has 218 valence electrons. The molecule has 0 spiro atoms. The Bertz CT molecular complexity index is 1180. The third-order valence-corrected chi connectivity index (χ3v) is 9.00. The summed E-state index contributed by atoms with van der Waals surface area (Å²) in [5.74, 6) is 0.582. The Balaban J connectivity index is 0.00000441. The highest BCUT2D eigenvalue weighted by molar-refractivity contribution is 8.26. The number of rotatable bonds is 12. The molecule has 4 rings (SSSR count). The Hall–Kier alpha value is -1.86. The number of benzene rings is 1. The number of hydrogen-bond acceptors (Lipinski definition) is 10. The average Bonchev–Trinajstić information content (AvgIpc) is 3.52. The molecule has 2 aliphatic rings. The number of nitrogens with zero attached hydrogens (tertiary/aromatic N) is 2. The van der Waals surface area contributed by atoms with Crippen LogP contribution in [0.2, 0.25) is 0 Å². The second-order valence-electron chi connectivity index (χ2n) is 9.46. The lowest BCUT2D eigenvalue weighted by Crippen LogP contribution is -2.43. The molecule has 2 heterocycles. The number of amides is 1. The van der Waals surface area contributed by atoms with E-state index in [1.54, 1.807) is 22.7 Å². The Morgan fingerprint density at radius 3 is 2.58 bits per heavy atom. The normalized spacial score (nSPS) is 20.3. The molecule has 1 amide bonds. The second-order valence-corrected chi connectivity index (χ2v) is 12.0. The van der Waals surface area contributed by atoms with Crippen LogP contribution in [-0.2, 0) is 14.3 Å². The van der Waals surface area contributed by atoms with Crippen LogP contribution in [0.5, 0.6) is 0 Å². The van der Waals surface area contributed by atoms with Gasteiger partial charge in [-0.25, -0.2) is 0 Å². The molecule has 2 aromatic rings. The fourth-order valence-electron chi connectivity index (χ4n) is 4.89. The van der Waals surface area contributed by atoms with Crippen molar-refractivity contribution in [3.63, 3.8) is 0 Å². The second kappa shape index (κ2) is 16.0. The maximum absolute atomic E-state index is 13.4. The van der Waals surface area contributed by atoms with Crippen LogP contribution in [0.1, 0.15) is 31.4 Å². The molecule has 2 atom stereocenters. The summed E-state index contributed by atoms with van der Waals surface area (Å²) in [6, 6.07) is 11.7. The highest BCUT2D eigenvalue weighted by atomic mass is 35.5. The van der Waals surface area contributed by atoms with Crippen LogP contribution in [-0.4, -0.2) is 88.0 Å². The lowest BCUT2D eigenvalue weighted by Gasteiger charge is -2.33. The third-order valence-electron chi connectivity index (χ3n) is 6.93. The molecular formula is C28H35ClN2O6S3. The van der Waals surface area contributed by atoms with Gasteiger partial charge in [0.1, 0.15) is 22.4 Å². The molecule has 0 bridgehead atoms. The number of furan rings is 1. The van der Waals surface area contributed by atoms with Gasteiger partial charge in [-0.2, -0.15) is 0 Å². The van der Waals surface area contributed by atoms with Crippen molar-refractivity contribution in [2.24, 2.45) is 5.92 Å². The van der Waals surface area contributed by atoms with Crippen molar-refractivity contribution >= 4 is 70.4 Å². The van der Waals surface area contributed by atoms with E-state index in [-0.39, 0.29) is 56.1 Å². The van der Waals surface area contributed by atoms with Gasteiger partial charge in [0.05, 0.1) is 24.0 Å². The van der Waals surface area contributed by atoms with E-state index in [1.807, 2.05) is 47.6 Å². The zero-order valence-electron chi connectivity index (χ0n) is 22.3. The first-order valence-electron chi connectivity index (χ1n) is 13.1.